The molecule has 20 heavy (non-hydrogen) atoms. The molecule has 1 aromatic rings. The van der Waals surface area contributed by atoms with Gasteiger partial charge in [0, 0.05) is 19.1 Å². The molecule has 1 aliphatic rings. The molecule has 0 aliphatic carbocycles. The Morgan fingerprint density at radius 2 is 2.10 bits per heavy atom. The number of nitrogens with zero attached hydrogens (tertiary/aromatic N) is 1. The molecular formula is C15H24ClN3O. The van der Waals surface area contributed by atoms with Gasteiger partial charge in [-0.2, -0.15) is 0 Å². The van der Waals surface area contributed by atoms with Gasteiger partial charge in [-0.25, -0.2) is 0 Å². The second kappa shape index (κ2) is 8.25. The van der Waals surface area contributed by atoms with Crippen molar-refractivity contribution in [3.05, 3.63) is 35.4 Å². The molecule has 0 saturated carbocycles. The molecule has 1 aromatic carbocycles. The molecular weight excluding hydrogens is 274 g/mol. The van der Waals surface area contributed by atoms with Crippen LogP contribution in [0.1, 0.15) is 17.5 Å². The molecule has 4 nitrogen and oxygen atoms in total. The summed E-state index contributed by atoms with van der Waals surface area (Å²) in [6, 6.07) is 8.74. The molecule has 1 aliphatic heterocycles. The monoisotopic (exact) mass is 297 g/mol. The minimum Gasteiger partial charge on any atom is -0.351 e. The van der Waals surface area contributed by atoms with Gasteiger partial charge in [-0.05, 0) is 32.5 Å². The Morgan fingerprint density at radius 3 is 2.70 bits per heavy atom. The summed E-state index contributed by atoms with van der Waals surface area (Å²) in [4.78, 5) is 14.0. The predicted octanol–water partition coefficient (Wildman–Crippen LogP) is 1.33. The molecule has 2 rings (SSSR count). The number of amides is 1. The van der Waals surface area contributed by atoms with Crippen molar-refractivity contribution in [3.63, 3.8) is 0 Å². The number of aryl methyl sites for hydroxylation is 1. The molecule has 0 spiro atoms. The summed E-state index contributed by atoms with van der Waals surface area (Å²) in [5, 5.41) is 6.29. The molecule has 1 fully saturated rings. The molecule has 5 heteroatoms. The molecule has 1 heterocycles. The zero-order chi connectivity index (χ0) is 13.7. The predicted molar refractivity (Wildman–Crippen MR) is 84.2 cm³/mol. The van der Waals surface area contributed by atoms with E-state index < -0.39 is 0 Å². The first-order valence-electron chi connectivity index (χ1n) is 6.88. The third-order valence-electron chi connectivity index (χ3n) is 3.66. The normalized spacial score (nSPS) is 17.9. The number of nitrogens with one attached hydrogen (secondary N) is 2. The van der Waals surface area contributed by atoms with E-state index in [0.29, 0.717) is 19.1 Å². The van der Waals surface area contributed by atoms with Crippen molar-refractivity contribution < 1.29 is 4.79 Å². The fraction of sp³-hybridized carbons (Fsp3) is 0.533. The fourth-order valence-electron chi connectivity index (χ4n) is 2.33. The second-order valence-corrected chi connectivity index (χ2v) is 5.32. The maximum Gasteiger partial charge on any atom is 0.234 e. The fourth-order valence-corrected chi connectivity index (χ4v) is 2.33. The van der Waals surface area contributed by atoms with Crippen LogP contribution in [0.25, 0.3) is 0 Å². The number of carbonyl (C=O) groups is 1. The lowest BCUT2D eigenvalue weighted by atomic mass is 10.1. The van der Waals surface area contributed by atoms with Crippen LogP contribution >= 0.6 is 12.4 Å². The first-order chi connectivity index (χ1) is 9.15. The number of benzene rings is 1. The first kappa shape index (κ1) is 17.0. The van der Waals surface area contributed by atoms with E-state index in [4.69, 9.17) is 0 Å². The van der Waals surface area contributed by atoms with E-state index in [2.05, 4.69) is 46.7 Å². The van der Waals surface area contributed by atoms with Crippen LogP contribution in [0.2, 0.25) is 0 Å². The van der Waals surface area contributed by atoms with Gasteiger partial charge in [-0.15, -0.1) is 12.4 Å². The van der Waals surface area contributed by atoms with Crippen LogP contribution in [0.4, 0.5) is 0 Å². The SMILES string of the molecule is Cc1ccc(CNC(=O)CN(C)C2CCNC2)cc1.Cl. The molecule has 0 radical (unpaired) electrons. The smallest absolute Gasteiger partial charge is 0.234 e. The van der Waals surface area contributed by atoms with Gasteiger partial charge in [0.1, 0.15) is 0 Å². The third kappa shape index (κ3) is 5.12. The molecule has 1 amide bonds. The summed E-state index contributed by atoms with van der Waals surface area (Å²) < 4.78 is 0. The van der Waals surface area contributed by atoms with Crippen molar-refractivity contribution in [2.75, 3.05) is 26.7 Å². The Bertz CT molecular complexity index is 416. The van der Waals surface area contributed by atoms with Gasteiger partial charge >= 0.3 is 0 Å². The van der Waals surface area contributed by atoms with Crippen molar-refractivity contribution >= 4 is 18.3 Å². The van der Waals surface area contributed by atoms with E-state index in [1.807, 2.05) is 7.05 Å². The number of carbonyl (C=O) groups excluding carboxylic acids is 1. The molecule has 1 unspecified atom stereocenters. The van der Waals surface area contributed by atoms with Crippen LogP contribution in [-0.2, 0) is 11.3 Å². The molecule has 1 saturated heterocycles. The van der Waals surface area contributed by atoms with E-state index in [1.54, 1.807) is 0 Å². The molecule has 112 valence electrons. The largest absolute Gasteiger partial charge is 0.351 e. The van der Waals surface area contributed by atoms with Gasteiger partial charge in [0.25, 0.3) is 0 Å². The van der Waals surface area contributed by atoms with Gasteiger partial charge in [0.2, 0.25) is 5.91 Å². The number of hydrogen-bond acceptors (Lipinski definition) is 3. The number of rotatable bonds is 5. The Balaban J connectivity index is 0.00000200. The summed E-state index contributed by atoms with van der Waals surface area (Å²) in [7, 11) is 2.02. The second-order valence-electron chi connectivity index (χ2n) is 5.32. The Kier molecular flexibility index (Phi) is 6.99. The van der Waals surface area contributed by atoms with Gasteiger partial charge < -0.3 is 10.6 Å². The van der Waals surface area contributed by atoms with Gasteiger partial charge in [-0.1, -0.05) is 29.8 Å². The highest BCUT2D eigenvalue weighted by Gasteiger charge is 2.20. The van der Waals surface area contributed by atoms with Crippen molar-refractivity contribution in [2.24, 2.45) is 0 Å². The van der Waals surface area contributed by atoms with Crippen molar-refractivity contribution in [2.45, 2.75) is 25.9 Å². The lowest BCUT2D eigenvalue weighted by Crippen LogP contribution is -2.41. The van der Waals surface area contributed by atoms with Crippen molar-refractivity contribution in [3.8, 4) is 0 Å². The van der Waals surface area contributed by atoms with E-state index in [1.165, 1.54) is 5.56 Å². The van der Waals surface area contributed by atoms with E-state index in [-0.39, 0.29) is 18.3 Å². The zero-order valence-electron chi connectivity index (χ0n) is 12.2. The summed E-state index contributed by atoms with van der Waals surface area (Å²) >= 11 is 0. The highest BCUT2D eigenvalue weighted by Crippen LogP contribution is 2.06. The average Bonchev–Trinajstić information content (AvgIpc) is 2.92. The number of halogens is 1. The van der Waals surface area contributed by atoms with Gasteiger partial charge in [0.05, 0.1) is 6.54 Å². The average molecular weight is 298 g/mol. The Morgan fingerprint density at radius 1 is 1.40 bits per heavy atom. The first-order valence-corrected chi connectivity index (χ1v) is 6.88. The maximum absolute atomic E-state index is 11.9. The van der Waals surface area contributed by atoms with Crippen LogP contribution in [0, 0.1) is 6.92 Å². The minimum absolute atomic E-state index is 0. The van der Waals surface area contributed by atoms with Crippen LogP contribution in [-0.4, -0.2) is 43.5 Å². The van der Waals surface area contributed by atoms with Crippen LogP contribution in [0.15, 0.2) is 24.3 Å². The molecule has 0 bridgehead atoms. The zero-order valence-corrected chi connectivity index (χ0v) is 13.0. The van der Waals surface area contributed by atoms with Crippen LogP contribution < -0.4 is 10.6 Å². The number of likely N-dealkylation sites (N-methyl/N-ethyl adjacent to an activating group) is 1. The van der Waals surface area contributed by atoms with E-state index in [9.17, 15) is 4.79 Å². The van der Waals surface area contributed by atoms with E-state index in [0.717, 1.165) is 25.1 Å². The van der Waals surface area contributed by atoms with Crippen LogP contribution in [0.5, 0.6) is 0 Å². The quantitative estimate of drug-likeness (QED) is 0.862. The Labute approximate surface area is 127 Å². The van der Waals surface area contributed by atoms with Crippen molar-refractivity contribution in [1.29, 1.82) is 0 Å². The third-order valence-corrected chi connectivity index (χ3v) is 3.66. The molecule has 2 N–H and O–H groups in total. The van der Waals surface area contributed by atoms with Gasteiger partial charge in [-0.3, -0.25) is 9.69 Å². The summed E-state index contributed by atoms with van der Waals surface area (Å²) in [5.74, 6) is 0.0926. The van der Waals surface area contributed by atoms with Gasteiger partial charge in [0.15, 0.2) is 0 Å². The molecule has 0 aromatic heterocycles. The summed E-state index contributed by atoms with van der Waals surface area (Å²) in [6.07, 6.45) is 1.13. The summed E-state index contributed by atoms with van der Waals surface area (Å²) in [6.45, 7) is 5.18. The van der Waals surface area contributed by atoms with Crippen LogP contribution in [0.3, 0.4) is 0 Å². The molecule has 1 atom stereocenters. The lowest BCUT2D eigenvalue weighted by Gasteiger charge is -2.22. The minimum atomic E-state index is 0. The highest BCUT2D eigenvalue weighted by molar-refractivity contribution is 5.85. The van der Waals surface area contributed by atoms with Crippen molar-refractivity contribution in [1.82, 2.24) is 15.5 Å². The number of hydrogen-bond donors (Lipinski definition) is 2. The standard InChI is InChI=1S/C15H23N3O.ClH/c1-12-3-5-13(6-4-12)9-17-15(19)11-18(2)14-7-8-16-10-14;/h3-6,14,16H,7-11H2,1-2H3,(H,17,19);1H. The maximum atomic E-state index is 11.9. The topological polar surface area (TPSA) is 44.4 Å². The highest BCUT2D eigenvalue weighted by atomic mass is 35.5. The lowest BCUT2D eigenvalue weighted by molar-refractivity contribution is -0.122. The Hall–Kier alpha value is -1.10. The summed E-state index contributed by atoms with van der Waals surface area (Å²) in [5.41, 5.74) is 2.38. The van der Waals surface area contributed by atoms with E-state index >= 15 is 0 Å².